The van der Waals surface area contributed by atoms with Crippen LogP contribution in [0.1, 0.15) is 5.89 Å². The van der Waals surface area contributed by atoms with Gasteiger partial charge >= 0.3 is 11.7 Å². The molecule has 0 saturated heterocycles. The molecule has 0 atom stereocenters. The van der Waals surface area contributed by atoms with Crippen LogP contribution in [0.25, 0.3) is 10.7 Å². The second kappa shape index (κ2) is 7.53. The average molecular weight is 361 g/mol. The van der Waals surface area contributed by atoms with E-state index in [9.17, 15) is 14.9 Å². The molecule has 0 radical (unpaired) electrons. The molecule has 9 nitrogen and oxygen atoms in total. The third-order valence-corrected chi connectivity index (χ3v) is 3.84. The monoisotopic (exact) mass is 361 g/mol. The first-order valence-electron chi connectivity index (χ1n) is 7.02. The van der Waals surface area contributed by atoms with Crippen molar-refractivity contribution >= 4 is 23.0 Å². The molecule has 3 rings (SSSR count). The summed E-state index contributed by atoms with van der Waals surface area (Å²) in [5, 5.41) is 16.5. The number of rotatable bonds is 7. The maximum atomic E-state index is 11.7. The van der Waals surface area contributed by atoms with Crippen LogP contribution in [0.4, 0.5) is 5.69 Å². The third-order valence-electron chi connectivity index (χ3n) is 2.97. The number of para-hydroxylation sites is 2. The van der Waals surface area contributed by atoms with Crippen molar-refractivity contribution in [1.29, 1.82) is 0 Å². The van der Waals surface area contributed by atoms with Gasteiger partial charge in [0.15, 0.2) is 19.0 Å². The number of hydrogen-bond donors (Lipinski definition) is 0. The number of nitro groups is 1. The van der Waals surface area contributed by atoms with Crippen LogP contribution in [0.3, 0.4) is 0 Å². The van der Waals surface area contributed by atoms with Crippen molar-refractivity contribution < 1.29 is 23.7 Å². The van der Waals surface area contributed by atoms with E-state index in [4.69, 9.17) is 14.0 Å². The maximum absolute atomic E-state index is 11.7. The van der Waals surface area contributed by atoms with E-state index < -0.39 is 17.5 Å². The fourth-order valence-electron chi connectivity index (χ4n) is 1.87. The summed E-state index contributed by atoms with van der Waals surface area (Å²) < 4.78 is 15.1. The molecule has 128 valence electrons. The molecule has 0 spiro atoms. The Morgan fingerprint density at radius 1 is 1.28 bits per heavy atom. The molecule has 3 aromatic rings. The molecule has 2 aromatic heterocycles. The standard InChI is InChI=1S/C15H11N3O6S/c19-14(9-22-11-5-2-1-4-10(11)18(20)21)23-8-13-16-15(17-24-13)12-6-3-7-25-12/h1-7H,8-9H2. The topological polar surface area (TPSA) is 118 Å². The van der Waals surface area contributed by atoms with Crippen LogP contribution in [-0.4, -0.2) is 27.6 Å². The van der Waals surface area contributed by atoms with Crippen LogP contribution in [0, 0.1) is 10.1 Å². The highest BCUT2D eigenvalue weighted by Gasteiger charge is 2.16. The number of hydrogen-bond acceptors (Lipinski definition) is 9. The predicted octanol–water partition coefficient (Wildman–Crippen LogP) is 2.83. The summed E-state index contributed by atoms with van der Waals surface area (Å²) in [5.41, 5.74) is -0.229. The maximum Gasteiger partial charge on any atom is 0.344 e. The zero-order valence-electron chi connectivity index (χ0n) is 12.7. The second-order valence-corrected chi connectivity index (χ2v) is 5.61. The van der Waals surface area contributed by atoms with Crippen molar-refractivity contribution in [2.45, 2.75) is 6.61 Å². The van der Waals surface area contributed by atoms with E-state index in [0.717, 1.165) is 4.88 Å². The molecule has 2 heterocycles. The van der Waals surface area contributed by atoms with Gasteiger partial charge in [0.05, 0.1) is 9.80 Å². The fraction of sp³-hybridized carbons (Fsp3) is 0.133. The summed E-state index contributed by atoms with van der Waals surface area (Å²) in [6.07, 6.45) is 0. The zero-order valence-corrected chi connectivity index (χ0v) is 13.5. The van der Waals surface area contributed by atoms with E-state index in [1.807, 2.05) is 17.5 Å². The quantitative estimate of drug-likeness (QED) is 0.358. The van der Waals surface area contributed by atoms with Crippen LogP contribution in [0.15, 0.2) is 46.3 Å². The van der Waals surface area contributed by atoms with E-state index in [0.29, 0.717) is 5.82 Å². The Balaban J connectivity index is 1.51. The van der Waals surface area contributed by atoms with Crippen molar-refractivity contribution in [3.05, 3.63) is 57.8 Å². The molecule has 0 N–H and O–H groups in total. The first-order chi connectivity index (χ1) is 12.1. The number of ether oxygens (including phenoxy) is 2. The van der Waals surface area contributed by atoms with Crippen molar-refractivity contribution in [3.8, 4) is 16.5 Å². The molecule has 10 heteroatoms. The Morgan fingerprint density at radius 2 is 2.12 bits per heavy atom. The van der Waals surface area contributed by atoms with Gasteiger partial charge in [-0.1, -0.05) is 23.4 Å². The Kier molecular flexibility index (Phi) is 5.00. The first kappa shape index (κ1) is 16.6. The molecule has 0 aliphatic heterocycles. The van der Waals surface area contributed by atoms with Gasteiger partial charge in [0.1, 0.15) is 0 Å². The van der Waals surface area contributed by atoms with Gasteiger partial charge in [0.25, 0.3) is 5.89 Å². The molecular weight excluding hydrogens is 350 g/mol. The van der Waals surface area contributed by atoms with Gasteiger partial charge in [-0.05, 0) is 17.5 Å². The lowest BCUT2D eigenvalue weighted by Crippen LogP contribution is -2.15. The predicted molar refractivity (Wildman–Crippen MR) is 86.0 cm³/mol. The normalized spacial score (nSPS) is 10.4. The molecule has 0 aliphatic rings. The van der Waals surface area contributed by atoms with Gasteiger partial charge in [-0.25, -0.2) is 4.79 Å². The minimum absolute atomic E-state index is 0.0118. The minimum Gasteiger partial charge on any atom is -0.475 e. The molecule has 1 aromatic carbocycles. The van der Waals surface area contributed by atoms with Gasteiger partial charge < -0.3 is 14.0 Å². The molecule has 0 amide bonds. The van der Waals surface area contributed by atoms with Crippen molar-refractivity contribution in [2.75, 3.05) is 6.61 Å². The number of thiophene rings is 1. The minimum atomic E-state index is -0.714. The SMILES string of the molecule is O=C(COc1ccccc1[N+](=O)[O-])OCc1nc(-c2cccs2)no1. The molecule has 0 saturated carbocycles. The summed E-state index contributed by atoms with van der Waals surface area (Å²) in [6.45, 7) is -0.686. The summed E-state index contributed by atoms with van der Waals surface area (Å²) in [6, 6.07) is 9.45. The molecule has 0 unspecified atom stereocenters. The lowest BCUT2D eigenvalue weighted by atomic mass is 10.3. The lowest BCUT2D eigenvalue weighted by molar-refractivity contribution is -0.385. The van der Waals surface area contributed by atoms with Gasteiger partial charge in [0, 0.05) is 6.07 Å². The van der Waals surface area contributed by atoms with Crippen LogP contribution in [0.2, 0.25) is 0 Å². The molecule has 0 fully saturated rings. The van der Waals surface area contributed by atoms with Gasteiger partial charge in [-0.3, -0.25) is 10.1 Å². The molecule has 0 bridgehead atoms. The second-order valence-electron chi connectivity index (χ2n) is 4.66. The van der Waals surface area contributed by atoms with E-state index >= 15 is 0 Å². The smallest absolute Gasteiger partial charge is 0.344 e. The number of carbonyl (C=O) groups excluding carboxylic acids is 1. The van der Waals surface area contributed by atoms with Gasteiger partial charge in [-0.15, -0.1) is 11.3 Å². The van der Waals surface area contributed by atoms with Crippen molar-refractivity contribution in [1.82, 2.24) is 10.1 Å². The van der Waals surface area contributed by atoms with E-state index in [-0.39, 0.29) is 23.9 Å². The average Bonchev–Trinajstić information content (AvgIpc) is 3.29. The largest absolute Gasteiger partial charge is 0.475 e. The van der Waals surface area contributed by atoms with Crippen LogP contribution in [-0.2, 0) is 16.1 Å². The Labute approximate surface area is 145 Å². The number of carbonyl (C=O) groups is 1. The summed E-state index contributed by atoms with van der Waals surface area (Å²) in [5.74, 6) is -0.170. The summed E-state index contributed by atoms with van der Waals surface area (Å²) in [7, 11) is 0. The number of nitro benzene ring substituents is 1. The van der Waals surface area contributed by atoms with Crippen LogP contribution < -0.4 is 4.74 Å². The van der Waals surface area contributed by atoms with Crippen LogP contribution in [0.5, 0.6) is 5.75 Å². The van der Waals surface area contributed by atoms with Gasteiger partial charge in [0.2, 0.25) is 5.82 Å². The Morgan fingerprint density at radius 3 is 2.88 bits per heavy atom. The highest BCUT2D eigenvalue weighted by atomic mass is 32.1. The van der Waals surface area contributed by atoms with Crippen molar-refractivity contribution in [2.24, 2.45) is 0 Å². The molecule has 25 heavy (non-hydrogen) atoms. The Hall–Kier alpha value is -3.27. The Bertz CT molecular complexity index is 877. The van der Waals surface area contributed by atoms with E-state index in [1.54, 1.807) is 6.07 Å². The molecule has 0 aliphatic carbocycles. The first-order valence-corrected chi connectivity index (χ1v) is 7.90. The highest BCUT2D eigenvalue weighted by Crippen LogP contribution is 2.25. The number of aromatic nitrogens is 2. The highest BCUT2D eigenvalue weighted by molar-refractivity contribution is 7.13. The van der Waals surface area contributed by atoms with Crippen molar-refractivity contribution in [3.63, 3.8) is 0 Å². The lowest BCUT2D eigenvalue weighted by Gasteiger charge is -2.05. The van der Waals surface area contributed by atoms with E-state index in [1.165, 1.54) is 29.5 Å². The molecular formula is C15H11N3O6S. The third kappa shape index (κ3) is 4.18. The van der Waals surface area contributed by atoms with E-state index in [2.05, 4.69) is 10.1 Å². The van der Waals surface area contributed by atoms with Crippen LogP contribution >= 0.6 is 11.3 Å². The number of esters is 1. The summed E-state index contributed by atoms with van der Waals surface area (Å²) >= 11 is 1.46. The zero-order chi connectivity index (χ0) is 17.6. The van der Waals surface area contributed by atoms with Gasteiger partial charge in [-0.2, -0.15) is 4.98 Å². The summed E-state index contributed by atoms with van der Waals surface area (Å²) in [4.78, 5) is 26.9. The number of nitrogens with zero attached hydrogens (tertiary/aromatic N) is 3. The number of benzene rings is 1. The fourth-order valence-corrected chi connectivity index (χ4v) is 2.52.